The van der Waals surface area contributed by atoms with Crippen molar-refractivity contribution in [3.63, 3.8) is 0 Å². The maximum Gasteiger partial charge on any atom is 0.306 e. The summed E-state index contributed by atoms with van der Waals surface area (Å²) in [6.45, 7) is 6.46. The highest BCUT2D eigenvalue weighted by molar-refractivity contribution is 5.77. The molecule has 6 heteroatoms. The molecule has 0 aliphatic rings. The molecule has 0 rings (SSSR count). The highest BCUT2D eigenvalue weighted by Gasteiger charge is 2.24. The molecular weight excluding hydrogens is 803 g/mol. The van der Waals surface area contributed by atoms with Gasteiger partial charge in [-0.2, -0.15) is 0 Å². The minimum Gasteiger partial charge on any atom is -0.462 e. The molecule has 0 aromatic carbocycles. The smallest absolute Gasteiger partial charge is 0.306 e. The van der Waals surface area contributed by atoms with Gasteiger partial charge in [0.05, 0.1) is 25.2 Å². The summed E-state index contributed by atoms with van der Waals surface area (Å²) in [5.41, 5.74) is 0. The maximum atomic E-state index is 13.2. The SMILES string of the molecule is CCCCC/C=C\C/C=C\C/C=C\CCCCC(CC(=O)NC(CO)C(O)CCCCCCCCCCCCCCC)OC(=O)CCCCCCC/C=C/CCCCCCCCCCC. The van der Waals surface area contributed by atoms with Gasteiger partial charge in [0.2, 0.25) is 5.91 Å². The molecular formula is C59H109NO5. The number of carbonyl (C=O) groups excluding carboxylic acids is 2. The van der Waals surface area contributed by atoms with Crippen LogP contribution in [0.1, 0.15) is 290 Å². The molecule has 0 aromatic heterocycles. The first-order chi connectivity index (χ1) is 32.0. The molecule has 3 atom stereocenters. The number of aliphatic hydroxyl groups excluding tert-OH is 2. The number of nitrogens with one attached hydrogen (secondary N) is 1. The van der Waals surface area contributed by atoms with Crippen LogP contribution in [0.15, 0.2) is 48.6 Å². The van der Waals surface area contributed by atoms with Crippen LogP contribution in [0.2, 0.25) is 0 Å². The van der Waals surface area contributed by atoms with E-state index in [-0.39, 0.29) is 24.9 Å². The minimum atomic E-state index is -0.799. The lowest BCUT2D eigenvalue weighted by Crippen LogP contribution is -2.46. The fraction of sp³-hybridized carbons (Fsp3) is 0.831. The Morgan fingerprint density at radius 2 is 0.785 bits per heavy atom. The lowest BCUT2D eigenvalue weighted by atomic mass is 10.0. The van der Waals surface area contributed by atoms with Crippen LogP contribution in [-0.4, -0.2) is 46.9 Å². The quantitative estimate of drug-likeness (QED) is 0.0321. The molecule has 0 radical (unpaired) electrons. The minimum absolute atomic E-state index is 0.0496. The number of unbranched alkanes of at least 4 members (excludes halogenated alkanes) is 31. The first kappa shape index (κ1) is 62.8. The van der Waals surface area contributed by atoms with Crippen molar-refractivity contribution in [3.05, 3.63) is 48.6 Å². The van der Waals surface area contributed by atoms with Gasteiger partial charge < -0.3 is 20.3 Å². The summed E-state index contributed by atoms with van der Waals surface area (Å²) in [7, 11) is 0. The Morgan fingerprint density at radius 1 is 0.446 bits per heavy atom. The molecule has 1 amide bonds. The van der Waals surface area contributed by atoms with Gasteiger partial charge in [0.25, 0.3) is 0 Å². The zero-order chi connectivity index (χ0) is 47.4. The number of aliphatic hydroxyl groups is 2. The Labute approximate surface area is 404 Å². The summed E-state index contributed by atoms with van der Waals surface area (Å²) in [4.78, 5) is 26.2. The lowest BCUT2D eigenvalue weighted by Gasteiger charge is -2.24. The first-order valence-electron chi connectivity index (χ1n) is 28.4. The zero-order valence-electron chi connectivity index (χ0n) is 43.4. The monoisotopic (exact) mass is 912 g/mol. The Balaban J connectivity index is 4.61. The van der Waals surface area contributed by atoms with Gasteiger partial charge in [0.15, 0.2) is 0 Å². The van der Waals surface area contributed by atoms with Crippen LogP contribution in [0, 0.1) is 0 Å². The van der Waals surface area contributed by atoms with Crippen molar-refractivity contribution in [2.75, 3.05) is 6.61 Å². The van der Waals surface area contributed by atoms with Gasteiger partial charge in [0, 0.05) is 6.42 Å². The van der Waals surface area contributed by atoms with Gasteiger partial charge >= 0.3 is 5.97 Å². The Hall–Kier alpha value is -2.18. The average Bonchev–Trinajstić information content (AvgIpc) is 3.30. The van der Waals surface area contributed by atoms with E-state index in [4.69, 9.17) is 4.74 Å². The standard InChI is InChI=1S/C59H109NO5/c1-4-7-10-13-16-19-22-25-27-28-29-31-34-37-40-43-46-49-52-59(64)65-55(50-47-44-41-38-35-33-30-26-23-20-17-14-11-8-5-2)53-58(63)60-56(54-61)57(62)51-48-45-42-39-36-32-24-21-18-15-12-9-6-3/h17,20,26,29-31,35,38,55-57,61-62H,4-16,18-19,21-25,27-28,32-34,36-37,39-54H2,1-3H3,(H,60,63)/b20-17-,30-26-,31-29+,38-35-. The van der Waals surface area contributed by atoms with Gasteiger partial charge in [0.1, 0.15) is 6.10 Å². The fourth-order valence-corrected chi connectivity index (χ4v) is 8.55. The highest BCUT2D eigenvalue weighted by Crippen LogP contribution is 2.18. The molecule has 65 heavy (non-hydrogen) atoms. The lowest BCUT2D eigenvalue weighted by molar-refractivity contribution is -0.151. The molecule has 6 nitrogen and oxygen atoms in total. The summed E-state index contributed by atoms with van der Waals surface area (Å²) >= 11 is 0. The number of hydrogen-bond acceptors (Lipinski definition) is 5. The van der Waals surface area contributed by atoms with Crippen molar-refractivity contribution in [1.82, 2.24) is 5.32 Å². The number of carbonyl (C=O) groups is 2. The Morgan fingerprint density at radius 3 is 1.25 bits per heavy atom. The van der Waals surface area contributed by atoms with Crippen LogP contribution in [0.5, 0.6) is 0 Å². The summed E-state index contributed by atoms with van der Waals surface area (Å²) < 4.78 is 5.94. The molecule has 0 aromatic rings. The Bertz CT molecular complexity index is 1110. The molecule has 0 saturated carbocycles. The second kappa shape index (κ2) is 52.8. The van der Waals surface area contributed by atoms with Crippen LogP contribution in [0.4, 0.5) is 0 Å². The van der Waals surface area contributed by atoms with Crippen LogP contribution in [0.3, 0.4) is 0 Å². The fourth-order valence-electron chi connectivity index (χ4n) is 8.55. The highest BCUT2D eigenvalue weighted by atomic mass is 16.5. The summed E-state index contributed by atoms with van der Waals surface area (Å²) in [6, 6.07) is -0.715. The van der Waals surface area contributed by atoms with Crippen LogP contribution in [0.25, 0.3) is 0 Å². The molecule has 380 valence electrons. The van der Waals surface area contributed by atoms with Crippen molar-refractivity contribution in [1.29, 1.82) is 0 Å². The third-order valence-electron chi connectivity index (χ3n) is 12.9. The number of amides is 1. The molecule has 3 N–H and O–H groups in total. The van der Waals surface area contributed by atoms with Gasteiger partial charge in [-0.15, -0.1) is 0 Å². The van der Waals surface area contributed by atoms with E-state index in [9.17, 15) is 19.8 Å². The third-order valence-corrected chi connectivity index (χ3v) is 12.9. The summed E-state index contributed by atoms with van der Waals surface area (Å²) in [6.07, 6.45) is 64.6. The van der Waals surface area contributed by atoms with Crippen molar-refractivity contribution >= 4 is 11.9 Å². The first-order valence-corrected chi connectivity index (χ1v) is 28.4. The van der Waals surface area contributed by atoms with E-state index in [0.717, 1.165) is 77.0 Å². The normalized spacial score (nSPS) is 13.5. The van der Waals surface area contributed by atoms with Gasteiger partial charge in [-0.3, -0.25) is 9.59 Å². The van der Waals surface area contributed by atoms with E-state index < -0.39 is 18.2 Å². The topological polar surface area (TPSA) is 95.9 Å². The number of ether oxygens (including phenoxy) is 1. The molecule has 3 unspecified atom stereocenters. The van der Waals surface area contributed by atoms with E-state index in [1.54, 1.807) is 0 Å². The van der Waals surface area contributed by atoms with E-state index in [1.165, 1.54) is 167 Å². The van der Waals surface area contributed by atoms with Gasteiger partial charge in [-0.1, -0.05) is 236 Å². The maximum absolute atomic E-state index is 13.2. The molecule has 0 aliphatic heterocycles. The van der Waals surface area contributed by atoms with Gasteiger partial charge in [-0.25, -0.2) is 0 Å². The second-order valence-corrected chi connectivity index (χ2v) is 19.3. The second-order valence-electron chi connectivity index (χ2n) is 19.3. The molecule has 0 spiro atoms. The molecule has 0 heterocycles. The van der Waals surface area contributed by atoms with Crippen molar-refractivity contribution in [3.8, 4) is 0 Å². The number of esters is 1. The van der Waals surface area contributed by atoms with E-state index >= 15 is 0 Å². The molecule has 0 saturated heterocycles. The predicted octanol–water partition coefficient (Wildman–Crippen LogP) is 17.4. The molecule has 0 fully saturated rings. The number of allylic oxidation sites excluding steroid dienone is 8. The van der Waals surface area contributed by atoms with Gasteiger partial charge in [-0.05, 0) is 89.9 Å². The Kier molecular flexibility index (Phi) is 51.0. The number of rotatable bonds is 51. The average molecular weight is 913 g/mol. The van der Waals surface area contributed by atoms with E-state index in [1.807, 2.05) is 0 Å². The molecule has 0 bridgehead atoms. The molecule has 0 aliphatic carbocycles. The van der Waals surface area contributed by atoms with E-state index in [2.05, 4.69) is 74.7 Å². The van der Waals surface area contributed by atoms with Crippen molar-refractivity contribution < 1.29 is 24.5 Å². The summed E-state index contributed by atoms with van der Waals surface area (Å²) in [5, 5.41) is 23.8. The summed E-state index contributed by atoms with van der Waals surface area (Å²) in [5.74, 6) is -0.512. The van der Waals surface area contributed by atoms with Crippen LogP contribution >= 0.6 is 0 Å². The zero-order valence-corrected chi connectivity index (χ0v) is 43.4. The van der Waals surface area contributed by atoms with Crippen molar-refractivity contribution in [2.24, 2.45) is 0 Å². The van der Waals surface area contributed by atoms with Crippen molar-refractivity contribution in [2.45, 2.75) is 309 Å². The number of hydrogen-bond donors (Lipinski definition) is 3. The largest absolute Gasteiger partial charge is 0.462 e. The predicted molar refractivity (Wildman–Crippen MR) is 282 cm³/mol. The van der Waals surface area contributed by atoms with Crippen LogP contribution < -0.4 is 5.32 Å². The van der Waals surface area contributed by atoms with E-state index in [0.29, 0.717) is 19.3 Å². The third kappa shape index (κ3) is 48.1. The van der Waals surface area contributed by atoms with Crippen LogP contribution in [-0.2, 0) is 14.3 Å².